The van der Waals surface area contributed by atoms with Gasteiger partial charge in [-0.3, -0.25) is 0 Å². The predicted molar refractivity (Wildman–Crippen MR) is 74.8 cm³/mol. The van der Waals surface area contributed by atoms with Gasteiger partial charge in [-0.1, -0.05) is 6.07 Å². The lowest BCUT2D eigenvalue weighted by molar-refractivity contribution is 0.196. The largest absolute Gasteiger partial charge is 0.493 e. The first-order valence-electron chi connectivity index (χ1n) is 6.47. The summed E-state index contributed by atoms with van der Waals surface area (Å²) in [5.74, 6) is 2.20. The fraction of sp³-hybridized carbons (Fsp3) is 0.333. The quantitative estimate of drug-likeness (QED) is 0.772. The molecule has 2 rings (SSSR count). The molecule has 0 unspecified atom stereocenters. The van der Waals surface area contributed by atoms with Crippen LogP contribution in [-0.2, 0) is 13.1 Å². The maximum atomic E-state index is 8.77. The number of furan rings is 1. The maximum absolute atomic E-state index is 8.77. The standard InChI is InChI=1S/C15H19NO4/c1-18-15-9-12(4-5-14(15)20-8-6-17)10-16-11-13-3-2-7-19-13/h2-5,7,9,16-17H,6,8,10-11H2,1H3. The summed E-state index contributed by atoms with van der Waals surface area (Å²) in [5, 5.41) is 12.1. The van der Waals surface area contributed by atoms with Crippen molar-refractivity contribution in [3.63, 3.8) is 0 Å². The number of benzene rings is 1. The third-order valence-electron chi connectivity index (χ3n) is 2.79. The number of nitrogens with one attached hydrogen (secondary N) is 1. The molecule has 5 nitrogen and oxygen atoms in total. The number of aliphatic hydroxyl groups is 1. The molecular weight excluding hydrogens is 258 g/mol. The van der Waals surface area contributed by atoms with E-state index in [0.29, 0.717) is 24.6 Å². The lowest BCUT2D eigenvalue weighted by Gasteiger charge is -2.11. The summed E-state index contributed by atoms with van der Waals surface area (Å²) < 4.78 is 15.9. The average Bonchev–Trinajstić information content (AvgIpc) is 2.99. The molecule has 20 heavy (non-hydrogen) atoms. The smallest absolute Gasteiger partial charge is 0.161 e. The lowest BCUT2D eigenvalue weighted by Crippen LogP contribution is -2.12. The van der Waals surface area contributed by atoms with Crippen LogP contribution in [-0.4, -0.2) is 25.4 Å². The zero-order chi connectivity index (χ0) is 14.2. The fourth-order valence-electron chi connectivity index (χ4n) is 1.84. The minimum absolute atomic E-state index is 0.0182. The van der Waals surface area contributed by atoms with E-state index in [-0.39, 0.29) is 13.2 Å². The predicted octanol–water partition coefficient (Wildman–Crippen LogP) is 1.95. The highest BCUT2D eigenvalue weighted by atomic mass is 16.5. The summed E-state index contributed by atoms with van der Waals surface area (Å²) in [6.45, 7) is 1.62. The minimum atomic E-state index is -0.0182. The van der Waals surface area contributed by atoms with Crippen LogP contribution in [0.2, 0.25) is 0 Å². The Labute approximate surface area is 118 Å². The normalized spacial score (nSPS) is 10.5. The Bertz CT molecular complexity index is 511. The lowest BCUT2D eigenvalue weighted by atomic mass is 10.2. The third-order valence-corrected chi connectivity index (χ3v) is 2.79. The highest BCUT2D eigenvalue weighted by molar-refractivity contribution is 5.42. The van der Waals surface area contributed by atoms with Crippen molar-refractivity contribution in [2.24, 2.45) is 0 Å². The first-order valence-corrected chi connectivity index (χ1v) is 6.47. The van der Waals surface area contributed by atoms with Crippen molar-refractivity contribution in [3.05, 3.63) is 47.9 Å². The van der Waals surface area contributed by atoms with Crippen LogP contribution in [0.3, 0.4) is 0 Å². The second-order valence-corrected chi connectivity index (χ2v) is 4.24. The number of aliphatic hydroxyl groups excluding tert-OH is 1. The first kappa shape index (κ1) is 14.4. The molecule has 0 saturated carbocycles. The summed E-state index contributed by atoms with van der Waals surface area (Å²) in [6.07, 6.45) is 1.66. The molecule has 108 valence electrons. The summed E-state index contributed by atoms with van der Waals surface area (Å²) in [4.78, 5) is 0. The van der Waals surface area contributed by atoms with E-state index in [9.17, 15) is 0 Å². The van der Waals surface area contributed by atoms with Gasteiger partial charge in [0.2, 0.25) is 0 Å². The molecule has 2 N–H and O–H groups in total. The van der Waals surface area contributed by atoms with Gasteiger partial charge in [-0.25, -0.2) is 0 Å². The van der Waals surface area contributed by atoms with Gasteiger partial charge < -0.3 is 24.3 Å². The summed E-state index contributed by atoms with van der Waals surface area (Å²) >= 11 is 0. The van der Waals surface area contributed by atoms with E-state index in [4.69, 9.17) is 19.0 Å². The number of methoxy groups -OCH3 is 1. The van der Waals surface area contributed by atoms with Crippen LogP contribution in [0.15, 0.2) is 41.0 Å². The van der Waals surface area contributed by atoms with Gasteiger partial charge in [-0.05, 0) is 29.8 Å². The molecule has 0 spiro atoms. The molecule has 0 saturated heterocycles. The maximum Gasteiger partial charge on any atom is 0.161 e. The second kappa shape index (κ2) is 7.57. The summed E-state index contributed by atoms with van der Waals surface area (Å²) in [7, 11) is 1.60. The minimum Gasteiger partial charge on any atom is -0.493 e. The van der Waals surface area contributed by atoms with E-state index in [2.05, 4.69) is 5.32 Å². The van der Waals surface area contributed by atoms with Gasteiger partial charge >= 0.3 is 0 Å². The van der Waals surface area contributed by atoms with Crippen molar-refractivity contribution < 1.29 is 19.0 Å². The van der Waals surface area contributed by atoms with Crippen LogP contribution in [0.1, 0.15) is 11.3 Å². The zero-order valence-corrected chi connectivity index (χ0v) is 11.5. The van der Waals surface area contributed by atoms with Gasteiger partial charge in [0.25, 0.3) is 0 Å². The number of rotatable bonds is 8. The van der Waals surface area contributed by atoms with Gasteiger partial charge in [0.05, 0.1) is 26.5 Å². The molecule has 0 aliphatic rings. The molecule has 5 heteroatoms. The Hall–Kier alpha value is -1.98. The van der Waals surface area contributed by atoms with Gasteiger partial charge in [0.1, 0.15) is 12.4 Å². The molecule has 1 aromatic carbocycles. The molecule has 0 amide bonds. The zero-order valence-electron chi connectivity index (χ0n) is 11.5. The topological polar surface area (TPSA) is 63.9 Å². The molecule has 2 aromatic rings. The average molecular weight is 277 g/mol. The summed E-state index contributed by atoms with van der Waals surface area (Å²) in [6, 6.07) is 9.53. The van der Waals surface area contributed by atoms with Gasteiger partial charge in [0, 0.05) is 6.54 Å². The first-order chi connectivity index (χ1) is 9.83. The third kappa shape index (κ3) is 4.01. The number of hydrogen-bond donors (Lipinski definition) is 2. The fourth-order valence-corrected chi connectivity index (χ4v) is 1.84. The molecule has 0 aliphatic heterocycles. The second-order valence-electron chi connectivity index (χ2n) is 4.24. The molecule has 0 atom stereocenters. The number of hydrogen-bond acceptors (Lipinski definition) is 5. The van der Waals surface area contributed by atoms with Crippen LogP contribution < -0.4 is 14.8 Å². The van der Waals surface area contributed by atoms with Crippen molar-refractivity contribution in [2.75, 3.05) is 20.3 Å². The Morgan fingerprint density at radius 1 is 1.20 bits per heavy atom. The van der Waals surface area contributed by atoms with Crippen LogP contribution in [0.25, 0.3) is 0 Å². The molecule has 1 heterocycles. The van der Waals surface area contributed by atoms with Crippen LogP contribution in [0, 0.1) is 0 Å². The van der Waals surface area contributed by atoms with Crippen molar-refractivity contribution in [1.29, 1.82) is 0 Å². The Balaban J connectivity index is 1.91. The van der Waals surface area contributed by atoms with E-state index in [1.165, 1.54) is 0 Å². The Kier molecular flexibility index (Phi) is 5.46. The van der Waals surface area contributed by atoms with Crippen molar-refractivity contribution in [2.45, 2.75) is 13.1 Å². The van der Waals surface area contributed by atoms with Crippen LogP contribution in [0.5, 0.6) is 11.5 Å². The molecular formula is C15H19NO4. The number of ether oxygens (including phenoxy) is 2. The van der Waals surface area contributed by atoms with Crippen molar-refractivity contribution >= 4 is 0 Å². The van der Waals surface area contributed by atoms with Gasteiger partial charge in [-0.2, -0.15) is 0 Å². The van der Waals surface area contributed by atoms with E-state index in [1.54, 1.807) is 13.4 Å². The monoisotopic (exact) mass is 277 g/mol. The molecule has 0 fully saturated rings. The molecule has 1 aromatic heterocycles. The SMILES string of the molecule is COc1cc(CNCc2ccco2)ccc1OCCO. The summed E-state index contributed by atoms with van der Waals surface area (Å²) in [5.41, 5.74) is 1.09. The molecule has 0 radical (unpaired) electrons. The van der Waals surface area contributed by atoms with E-state index >= 15 is 0 Å². The van der Waals surface area contributed by atoms with Gasteiger partial charge in [-0.15, -0.1) is 0 Å². The van der Waals surface area contributed by atoms with Crippen LogP contribution >= 0.6 is 0 Å². The Morgan fingerprint density at radius 2 is 2.10 bits per heavy atom. The van der Waals surface area contributed by atoms with E-state index in [0.717, 1.165) is 11.3 Å². The highest BCUT2D eigenvalue weighted by Crippen LogP contribution is 2.27. The van der Waals surface area contributed by atoms with Crippen molar-refractivity contribution in [1.82, 2.24) is 5.32 Å². The van der Waals surface area contributed by atoms with Crippen molar-refractivity contribution in [3.8, 4) is 11.5 Å². The van der Waals surface area contributed by atoms with E-state index in [1.807, 2.05) is 30.3 Å². The van der Waals surface area contributed by atoms with Gasteiger partial charge in [0.15, 0.2) is 11.5 Å². The molecule has 0 bridgehead atoms. The van der Waals surface area contributed by atoms with E-state index < -0.39 is 0 Å². The molecule has 0 aliphatic carbocycles. The highest BCUT2D eigenvalue weighted by Gasteiger charge is 2.05. The Morgan fingerprint density at radius 3 is 2.80 bits per heavy atom. The van der Waals surface area contributed by atoms with Crippen LogP contribution in [0.4, 0.5) is 0 Å².